The van der Waals surface area contributed by atoms with Gasteiger partial charge in [-0.05, 0) is 30.0 Å². The molecule has 1 aromatic carbocycles. The van der Waals surface area contributed by atoms with Crippen molar-refractivity contribution in [2.45, 2.75) is 45.4 Å². The minimum Gasteiger partial charge on any atom is -0.497 e. The second-order valence-electron chi connectivity index (χ2n) is 4.17. The monoisotopic (exact) mass is 206 g/mol. The van der Waals surface area contributed by atoms with E-state index >= 15 is 0 Å². The lowest BCUT2D eigenvalue weighted by atomic mass is 9.95. The highest BCUT2D eigenvalue weighted by molar-refractivity contribution is 5.28. The molecule has 15 heavy (non-hydrogen) atoms. The zero-order valence-corrected chi connectivity index (χ0v) is 10.1. The fourth-order valence-corrected chi connectivity index (χ4v) is 1.80. The molecule has 0 aliphatic carbocycles. The van der Waals surface area contributed by atoms with Crippen LogP contribution < -0.4 is 4.74 Å². The molecule has 84 valence electrons. The predicted octanol–water partition coefficient (Wildman–Crippen LogP) is 4.38. The Labute approximate surface area is 93.5 Å². The van der Waals surface area contributed by atoms with Crippen LogP contribution in [0.1, 0.15) is 51.0 Å². The lowest BCUT2D eigenvalue weighted by molar-refractivity contribution is 0.414. The second-order valence-corrected chi connectivity index (χ2v) is 4.17. The van der Waals surface area contributed by atoms with Crippen molar-refractivity contribution in [3.8, 4) is 5.75 Å². The van der Waals surface area contributed by atoms with Gasteiger partial charge < -0.3 is 4.74 Å². The van der Waals surface area contributed by atoms with Gasteiger partial charge in [-0.2, -0.15) is 0 Å². The highest BCUT2D eigenvalue weighted by Gasteiger charge is 2.04. The van der Waals surface area contributed by atoms with Gasteiger partial charge in [0.2, 0.25) is 0 Å². The van der Waals surface area contributed by atoms with Gasteiger partial charge in [-0.15, -0.1) is 0 Å². The minimum absolute atomic E-state index is 0.669. The number of benzene rings is 1. The van der Waals surface area contributed by atoms with Crippen molar-refractivity contribution < 1.29 is 4.74 Å². The molecule has 1 aromatic rings. The Morgan fingerprint density at radius 1 is 1.13 bits per heavy atom. The minimum atomic E-state index is 0.669. The van der Waals surface area contributed by atoms with E-state index in [4.69, 9.17) is 4.74 Å². The Balaban J connectivity index is 2.46. The lowest BCUT2D eigenvalue weighted by Gasteiger charge is -2.11. The summed E-state index contributed by atoms with van der Waals surface area (Å²) in [5.41, 5.74) is 1.42. The molecule has 0 aliphatic rings. The van der Waals surface area contributed by atoms with Crippen LogP contribution in [0.2, 0.25) is 0 Å². The number of unbranched alkanes of at least 4 members (excludes halogenated alkanes) is 2. The number of methoxy groups -OCH3 is 1. The van der Waals surface area contributed by atoms with Gasteiger partial charge in [-0.1, -0.05) is 45.2 Å². The van der Waals surface area contributed by atoms with E-state index in [9.17, 15) is 0 Å². The summed E-state index contributed by atoms with van der Waals surface area (Å²) in [6.45, 7) is 4.55. The quantitative estimate of drug-likeness (QED) is 0.628. The van der Waals surface area contributed by atoms with Crippen LogP contribution >= 0.6 is 0 Å². The largest absolute Gasteiger partial charge is 0.497 e. The topological polar surface area (TPSA) is 9.23 Å². The van der Waals surface area contributed by atoms with Gasteiger partial charge in [0.25, 0.3) is 0 Å². The summed E-state index contributed by atoms with van der Waals surface area (Å²) in [5.74, 6) is 1.61. The van der Waals surface area contributed by atoms with Crippen molar-refractivity contribution in [1.82, 2.24) is 0 Å². The molecular formula is C14H22O. The normalized spacial score (nSPS) is 12.5. The van der Waals surface area contributed by atoms with E-state index in [0.29, 0.717) is 5.92 Å². The Kier molecular flexibility index (Phi) is 5.23. The van der Waals surface area contributed by atoms with E-state index in [1.54, 1.807) is 7.11 Å². The van der Waals surface area contributed by atoms with Gasteiger partial charge in [-0.25, -0.2) is 0 Å². The Bertz CT molecular complexity index is 263. The average Bonchev–Trinajstić information content (AvgIpc) is 2.29. The van der Waals surface area contributed by atoms with E-state index in [1.165, 1.54) is 31.2 Å². The molecule has 1 nitrogen and oxygen atoms in total. The molecule has 0 bridgehead atoms. The first-order valence-corrected chi connectivity index (χ1v) is 5.92. The molecule has 0 saturated heterocycles. The standard InChI is InChI=1S/C14H22O/c1-4-5-6-7-12(2)13-8-10-14(15-3)11-9-13/h8-12H,4-7H2,1-3H3/t12-/m1/s1. The molecule has 1 heteroatoms. The fourth-order valence-electron chi connectivity index (χ4n) is 1.80. The zero-order valence-electron chi connectivity index (χ0n) is 10.1. The molecule has 0 saturated carbocycles. The SMILES string of the molecule is CCCCC[C@@H](C)c1ccc(OC)cc1. The molecule has 0 fully saturated rings. The third kappa shape index (κ3) is 3.94. The first-order chi connectivity index (χ1) is 7.27. The molecule has 0 spiro atoms. The van der Waals surface area contributed by atoms with Crippen molar-refractivity contribution in [3.05, 3.63) is 29.8 Å². The van der Waals surface area contributed by atoms with Crippen molar-refractivity contribution >= 4 is 0 Å². The maximum atomic E-state index is 5.15. The van der Waals surface area contributed by atoms with Gasteiger partial charge in [0.15, 0.2) is 0 Å². The van der Waals surface area contributed by atoms with Crippen molar-refractivity contribution in [2.75, 3.05) is 7.11 Å². The van der Waals surface area contributed by atoms with Crippen molar-refractivity contribution in [1.29, 1.82) is 0 Å². The van der Waals surface area contributed by atoms with E-state index in [0.717, 1.165) is 5.75 Å². The van der Waals surface area contributed by atoms with Gasteiger partial charge in [0.05, 0.1) is 7.11 Å². The summed E-state index contributed by atoms with van der Waals surface area (Å²) < 4.78 is 5.15. The third-order valence-electron chi connectivity index (χ3n) is 2.93. The van der Waals surface area contributed by atoms with E-state index < -0.39 is 0 Å². The van der Waals surface area contributed by atoms with Crippen LogP contribution in [0.15, 0.2) is 24.3 Å². The van der Waals surface area contributed by atoms with Gasteiger partial charge >= 0.3 is 0 Å². The number of ether oxygens (including phenoxy) is 1. The third-order valence-corrected chi connectivity index (χ3v) is 2.93. The molecule has 0 heterocycles. The maximum Gasteiger partial charge on any atom is 0.118 e. The second kappa shape index (κ2) is 6.49. The van der Waals surface area contributed by atoms with Gasteiger partial charge in [-0.3, -0.25) is 0 Å². The van der Waals surface area contributed by atoms with Crippen LogP contribution in [0.4, 0.5) is 0 Å². The molecular weight excluding hydrogens is 184 g/mol. The van der Waals surface area contributed by atoms with Crippen molar-refractivity contribution in [2.24, 2.45) is 0 Å². The van der Waals surface area contributed by atoms with Gasteiger partial charge in [0, 0.05) is 0 Å². The molecule has 0 unspecified atom stereocenters. The summed E-state index contributed by atoms with van der Waals surface area (Å²) in [4.78, 5) is 0. The van der Waals surface area contributed by atoms with Crippen LogP contribution in [0.3, 0.4) is 0 Å². The highest BCUT2D eigenvalue weighted by atomic mass is 16.5. The summed E-state index contributed by atoms with van der Waals surface area (Å²) in [6.07, 6.45) is 5.28. The Morgan fingerprint density at radius 3 is 2.33 bits per heavy atom. The summed E-state index contributed by atoms with van der Waals surface area (Å²) in [6, 6.07) is 8.45. The molecule has 0 radical (unpaired) electrons. The van der Waals surface area contributed by atoms with E-state index in [2.05, 4.69) is 26.0 Å². The first kappa shape index (κ1) is 12.1. The molecule has 0 N–H and O–H groups in total. The van der Waals surface area contributed by atoms with Crippen LogP contribution in [0.25, 0.3) is 0 Å². The smallest absolute Gasteiger partial charge is 0.118 e. The number of rotatable bonds is 6. The molecule has 0 aromatic heterocycles. The first-order valence-electron chi connectivity index (χ1n) is 5.92. The molecule has 1 atom stereocenters. The number of hydrogen-bond acceptors (Lipinski definition) is 1. The van der Waals surface area contributed by atoms with E-state index in [-0.39, 0.29) is 0 Å². The van der Waals surface area contributed by atoms with Crippen LogP contribution in [-0.4, -0.2) is 7.11 Å². The van der Waals surface area contributed by atoms with Crippen LogP contribution in [-0.2, 0) is 0 Å². The zero-order chi connectivity index (χ0) is 11.1. The van der Waals surface area contributed by atoms with Crippen molar-refractivity contribution in [3.63, 3.8) is 0 Å². The van der Waals surface area contributed by atoms with E-state index in [1.807, 2.05) is 12.1 Å². The Morgan fingerprint density at radius 2 is 1.80 bits per heavy atom. The lowest BCUT2D eigenvalue weighted by Crippen LogP contribution is -1.93. The molecule has 0 aliphatic heterocycles. The fraction of sp³-hybridized carbons (Fsp3) is 0.571. The predicted molar refractivity (Wildman–Crippen MR) is 65.6 cm³/mol. The average molecular weight is 206 g/mol. The Hall–Kier alpha value is -0.980. The molecule has 0 amide bonds. The summed E-state index contributed by atoms with van der Waals surface area (Å²) in [5, 5.41) is 0. The number of hydrogen-bond donors (Lipinski definition) is 0. The summed E-state index contributed by atoms with van der Waals surface area (Å²) >= 11 is 0. The molecule has 1 rings (SSSR count). The summed E-state index contributed by atoms with van der Waals surface area (Å²) in [7, 11) is 1.71. The van der Waals surface area contributed by atoms with Crippen LogP contribution in [0, 0.1) is 0 Å². The highest BCUT2D eigenvalue weighted by Crippen LogP contribution is 2.23. The van der Waals surface area contributed by atoms with Gasteiger partial charge in [0.1, 0.15) is 5.75 Å². The van der Waals surface area contributed by atoms with Crippen LogP contribution in [0.5, 0.6) is 5.75 Å². The maximum absolute atomic E-state index is 5.15.